The molecule has 7 heteroatoms. The molecule has 0 fully saturated rings. The Morgan fingerprint density at radius 1 is 0.943 bits per heavy atom. The van der Waals surface area contributed by atoms with Gasteiger partial charge in [0.25, 0.3) is 5.91 Å². The van der Waals surface area contributed by atoms with Crippen LogP contribution >= 0.6 is 0 Å². The van der Waals surface area contributed by atoms with Crippen molar-refractivity contribution in [3.8, 4) is 5.75 Å². The first kappa shape index (κ1) is 24.0. The van der Waals surface area contributed by atoms with Crippen molar-refractivity contribution in [1.82, 2.24) is 10.5 Å². The van der Waals surface area contributed by atoms with Gasteiger partial charge in [0.05, 0.1) is 23.4 Å². The van der Waals surface area contributed by atoms with Crippen molar-refractivity contribution in [2.75, 3.05) is 11.9 Å². The summed E-state index contributed by atoms with van der Waals surface area (Å²) in [5.41, 5.74) is 5.79. The van der Waals surface area contributed by atoms with Crippen LogP contribution in [-0.4, -0.2) is 23.5 Å². The standard InChI is InChI=1S/C28H29N3O4/c1-16-10-17(2)27(18(3)11-16)30-26(32)14-29-28(33)23-12-21-8-6-7-9-22(21)13-25(23)34-15-24-19(4)31-35-20(24)5/h6-13H,14-15H2,1-5H3,(H,29,33)(H,30,32). The van der Waals surface area contributed by atoms with E-state index in [-0.39, 0.29) is 19.1 Å². The quantitative estimate of drug-likeness (QED) is 0.381. The molecule has 2 amide bonds. The summed E-state index contributed by atoms with van der Waals surface area (Å²) >= 11 is 0. The van der Waals surface area contributed by atoms with Crippen LogP contribution in [0.3, 0.4) is 0 Å². The lowest BCUT2D eigenvalue weighted by Crippen LogP contribution is -2.33. The summed E-state index contributed by atoms with van der Waals surface area (Å²) < 4.78 is 11.3. The van der Waals surface area contributed by atoms with Crippen molar-refractivity contribution in [2.45, 2.75) is 41.2 Å². The Morgan fingerprint density at radius 3 is 2.23 bits per heavy atom. The zero-order valence-electron chi connectivity index (χ0n) is 20.6. The second kappa shape index (κ2) is 10.0. The number of benzene rings is 3. The number of nitrogens with zero attached hydrogens (tertiary/aromatic N) is 1. The molecule has 0 saturated carbocycles. The van der Waals surface area contributed by atoms with Gasteiger partial charge >= 0.3 is 0 Å². The van der Waals surface area contributed by atoms with Gasteiger partial charge in [-0.1, -0.05) is 47.1 Å². The van der Waals surface area contributed by atoms with Gasteiger partial charge in [-0.15, -0.1) is 0 Å². The molecule has 4 rings (SSSR count). The smallest absolute Gasteiger partial charge is 0.255 e. The molecule has 35 heavy (non-hydrogen) atoms. The normalized spacial score (nSPS) is 10.9. The predicted octanol–water partition coefficient (Wildman–Crippen LogP) is 5.32. The highest BCUT2D eigenvalue weighted by atomic mass is 16.5. The van der Waals surface area contributed by atoms with Crippen LogP contribution in [0.25, 0.3) is 10.8 Å². The maximum Gasteiger partial charge on any atom is 0.255 e. The second-order valence-electron chi connectivity index (χ2n) is 8.79. The van der Waals surface area contributed by atoms with Gasteiger partial charge < -0.3 is 19.9 Å². The maximum absolute atomic E-state index is 13.1. The number of carbonyl (C=O) groups excluding carboxylic acids is 2. The lowest BCUT2D eigenvalue weighted by atomic mass is 10.0. The summed E-state index contributed by atoms with van der Waals surface area (Å²) in [7, 11) is 0. The summed E-state index contributed by atoms with van der Waals surface area (Å²) in [6, 6.07) is 15.4. The number of aryl methyl sites for hydroxylation is 5. The van der Waals surface area contributed by atoms with E-state index in [1.165, 1.54) is 0 Å². The molecule has 0 spiro atoms. The number of anilines is 1. The molecule has 0 radical (unpaired) electrons. The van der Waals surface area contributed by atoms with Gasteiger partial charge in [-0.3, -0.25) is 9.59 Å². The Labute approximate surface area is 204 Å². The molecule has 0 saturated heterocycles. The van der Waals surface area contributed by atoms with E-state index in [1.54, 1.807) is 6.07 Å². The first-order valence-electron chi connectivity index (χ1n) is 11.5. The molecule has 3 aromatic carbocycles. The Kier molecular flexibility index (Phi) is 6.87. The Bertz CT molecular complexity index is 1380. The highest BCUT2D eigenvalue weighted by molar-refractivity contribution is 6.04. The fourth-order valence-corrected chi connectivity index (χ4v) is 4.19. The van der Waals surface area contributed by atoms with Crippen molar-refractivity contribution in [3.63, 3.8) is 0 Å². The molecule has 0 aliphatic carbocycles. The van der Waals surface area contributed by atoms with E-state index in [2.05, 4.69) is 15.8 Å². The Morgan fingerprint density at radius 2 is 1.60 bits per heavy atom. The number of amides is 2. The highest BCUT2D eigenvalue weighted by Gasteiger charge is 2.18. The van der Waals surface area contributed by atoms with Gasteiger partial charge in [0.2, 0.25) is 5.91 Å². The first-order valence-corrected chi connectivity index (χ1v) is 11.5. The molecule has 2 N–H and O–H groups in total. The molecular weight excluding hydrogens is 442 g/mol. The van der Waals surface area contributed by atoms with Crippen molar-refractivity contribution in [2.24, 2.45) is 0 Å². The number of nitrogens with one attached hydrogen (secondary N) is 2. The molecule has 7 nitrogen and oxygen atoms in total. The fraction of sp³-hybridized carbons (Fsp3) is 0.250. The van der Waals surface area contributed by atoms with Crippen LogP contribution < -0.4 is 15.4 Å². The monoisotopic (exact) mass is 471 g/mol. The zero-order valence-corrected chi connectivity index (χ0v) is 20.6. The van der Waals surface area contributed by atoms with Gasteiger partial charge in [0.1, 0.15) is 18.1 Å². The predicted molar refractivity (Wildman–Crippen MR) is 136 cm³/mol. The summed E-state index contributed by atoms with van der Waals surface area (Å²) in [4.78, 5) is 25.8. The number of aromatic nitrogens is 1. The summed E-state index contributed by atoms with van der Waals surface area (Å²) in [5.74, 6) is 0.406. The molecule has 4 aromatic rings. The Hall–Kier alpha value is -4.13. The van der Waals surface area contributed by atoms with Crippen LogP contribution in [0.15, 0.2) is 53.1 Å². The molecule has 1 aromatic heterocycles. The average molecular weight is 472 g/mol. The minimum Gasteiger partial charge on any atom is -0.488 e. The second-order valence-corrected chi connectivity index (χ2v) is 8.79. The van der Waals surface area contributed by atoms with Crippen LogP contribution in [0.2, 0.25) is 0 Å². The van der Waals surface area contributed by atoms with E-state index < -0.39 is 5.91 Å². The van der Waals surface area contributed by atoms with Crippen LogP contribution in [0.1, 0.15) is 44.1 Å². The lowest BCUT2D eigenvalue weighted by molar-refractivity contribution is -0.115. The lowest BCUT2D eigenvalue weighted by Gasteiger charge is -2.15. The highest BCUT2D eigenvalue weighted by Crippen LogP contribution is 2.28. The zero-order chi connectivity index (χ0) is 25.1. The molecule has 0 unspecified atom stereocenters. The largest absolute Gasteiger partial charge is 0.488 e. The SMILES string of the molecule is Cc1cc(C)c(NC(=O)CNC(=O)c2cc3ccccc3cc2OCc2c(C)noc2C)c(C)c1. The van der Waals surface area contributed by atoms with Gasteiger partial charge in [0, 0.05) is 5.69 Å². The minimum atomic E-state index is -0.392. The van der Waals surface area contributed by atoms with Crippen molar-refractivity contribution >= 4 is 28.3 Å². The number of hydrogen-bond acceptors (Lipinski definition) is 5. The number of rotatable bonds is 7. The van der Waals surface area contributed by atoms with Gasteiger partial charge in [0.15, 0.2) is 0 Å². The van der Waals surface area contributed by atoms with Gasteiger partial charge in [-0.2, -0.15) is 0 Å². The molecule has 1 heterocycles. The fourth-order valence-electron chi connectivity index (χ4n) is 4.19. The van der Waals surface area contributed by atoms with Gasteiger partial charge in [-0.25, -0.2) is 0 Å². The third-order valence-corrected chi connectivity index (χ3v) is 6.00. The van der Waals surface area contributed by atoms with E-state index >= 15 is 0 Å². The van der Waals surface area contributed by atoms with Crippen LogP contribution in [0.4, 0.5) is 5.69 Å². The van der Waals surface area contributed by atoms with E-state index in [0.29, 0.717) is 17.1 Å². The molecule has 0 aliphatic heterocycles. The summed E-state index contributed by atoms with van der Waals surface area (Å²) in [6.45, 7) is 9.63. The number of carbonyl (C=O) groups is 2. The van der Waals surface area contributed by atoms with Crippen LogP contribution in [-0.2, 0) is 11.4 Å². The van der Waals surface area contributed by atoms with E-state index in [9.17, 15) is 9.59 Å². The van der Waals surface area contributed by atoms with E-state index in [0.717, 1.165) is 44.4 Å². The number of fused-ring (bicyclic) bond motifs is 1. The maximum atomic E-state index is 13.1. The third-order valence-electron chi connectivity index (χ3n) is 6.00. The third kappa shape index (κ3) is 5.35. The summed E-state index contributed by atoms with van der Waals surface area (Å²) in [6.07, 6.45) is 0. The topological polar surface area (TPSA) is 93.5 Å². The van der Waals surface area contributed by atoms with E-state index in [4.69, 9.17) is 9.26 Å². The number of hydrogen-bond donors (Lipinski definition) is 2. The van der Waals surface area contributed by atoms with Crippen molar-refractivity contribution in [1.29, 1.82) is 0 Å². The first-order chi connectivity index (χ1) is 16.7. The minimum absolute atomic E-state index is 0.165. The van der Waals surface area contributed by atoms with Gasteiger partial charge in [-0.05, 0) is 68.7 Å². The van der Waals surface area contributed by atoms with Crippen molar-refractivity contribution < 1.29 is 18.8 Å². The molecule has 0 aliphatic rings. The molecular formula is C28H29N3O4. The molecule has 0 bridgehead atoms. The van der Waals surface area contributed by atoms with Crippen LogP contribution in [0.5, 0.6) is 5.75 Å². The molecule has 180 valence electrons. The Balaban J connectivity index is 1.52. The number of ether oxygens (including phenoxy) is 1. The van der Waals surface area contributed by atoms with Crippen LogP contribution in [0, 0.1) is 34.6 Å². The summed E-state index contributed by atoms with van der Waals surface area (Å²) in [5, 5.41) is 11.4. The van der Waals surface area contributed by atoms with E-state index in [1.807, 2.05) is 77.1 Å². The molecule has 0 atom stereocenters. The average Bonchev–Trinajstić information content (AvgIpc) is 3.14. The van der Waals surface area contributed by atoms with Crippen molar-refractivity contribution in [3.05, 3.63) is 87.8 Å².